The van der Waals surface area contributed by atoms with Gasteiger partial charge in [0, 0.05) is 10.9 Å². The molecular weight excluding hydrogens is 242 g/mol. The first kappa shape index (κ1) is 12.6. The quantitative estimate of drug-likeness (QED) is 0.880. The van der Waals surface area contributed by atoms with E-state index >= 15 is 0 Å². The van der Waals surface area contributed by atoms with E-state index in [1.165, 1.54) is 30.0 Å². The van der Waals surface area contributed by atoms with Gasteiger partial charge < -0.3 is 10.6 Å². The van der Waals surface area contributed by atoms with Crippen LogP contribution in [-0.4, -0.2) is 24.1 Å². The third-order valence-corrected chi connectivity index (χ3v) is 5.39. The number of aromatic nitrogens is 1. The molecule has 2 aliphatic rings. The van der Waals surface area contributed by atoms with Crippen molar-refractivity contribution in [1.29, 1.82) is 0 Å². The van der Waals surface area contributed by atoms with Gasteiger partial charge in [0.25, 0.3) is 0 Å². The van der Waals surface area contributed by atoms with Crippen molar-refractivity contribution < 1.29 is 0 Å². The Labute approximate surface area is 113 Å². The van der Waals surface area contributed by atoms with Gasteiger partial charge in [0.1, 0.15) is 5.01 Å². The Bertz CT molecular complexity index is 397. The van der Waals surface area contributed by atoms with Gasteiger partial charge >= 0.3 is 0 Å². The van der Waals surface area contributed by atoms with Crippen molar-refractivity contribution in [2.75, 3.05) is 13.1 Å². The minimum atomic E-state index is 0.133. The van der Waals surface area contributed by atoms with Gasteiger partial charge in [-0.25, -0.2) is 4.98 Å². The Kier molecular flexibility index (Phi) is 3.43. The second-order valence-corrected chi connectivity index (χ2v) is 6.96. The summed E-state index contributed by atoms with van der Waals surface area (Å²) >= 11 is 1.97. The molecule has 4 heteroatoms. The smallest absolute Gasteiger partial charge is 0.113 e. The lowest BCUT2D eigenvalue weighted by molar-refractivity contribution is 0.227. The van der Waals surface area contributed by atoms with Crippen molar-refractivity contribution in [3.63, 3.8) is 0 Å². The highest BCUT2D eigenvalue weighted by Crippen LogP contribution is 2.38. The van der Waals surface area contributed by atoms with E-state index in [1.54, 1.807) is 4.88 Å². The Balaban J connectivity index is 1.91. The molecule has 0 spiro atoms. The lowest BCUT2D eigenvalue weighted by atomic mass is 9.88. The topological polar surface area (TPSA) is 37.0 Å². The van der Waals surface area contributed by atoms with Gasteiger partial charge in [-0.2, -0.15) is 0 Å². The van der Waals surface area contributed by atoms with E-state index in [0.717, 1.165) is 25.9 Å². The summed E-state index contributed by atoms with van der Waals surface area (Å²) in [5, 5.41) is 8.63. The number of rotatable bonds is 3. The third-order valence-electron chi connectivity index (χ3n) is 4.03. The molecule has 0 saturated carbocycles. The van der Waals surface area contributed by atoms with Gasteiger partial charge in [-0.3, -0.25) is 0 Å². The van der Waals surface area contributed by atoms with Crippen LogP contribution in [0.2, 0.25) is 0 Å². The standard InChI is InChI=1S/C14H23N3S/c1-10(2)17-14(6-8-15-9-7-14)13-16-11-4-3-5-12(11)18-13/h10,15,17H,3-9H2,1-2H3. The first-order valence-corrected chi connectivity index (χ1v) is 7.99. The number of thiazole rings is 1. The molecule has 0 unspecified atom stereocenters. The summed E-state index contributed by atoms with van der Waals surface area (Å²) < 4.78 is 0. The van der Waals surface area contributed by atoms with E-state index in [4.69, 9.17) is 4.98 Å². The number of nitrogens with one attached hydrogen (secondary N) is 2. The molecule has 0 bridgehead atoms. The summed E-state index contributed by atoms with van der Waals surface area (Å²) in [7, 11) is 0. The fraction of sp³-hybridized carbons (Fsp3) is 0.786. The molecule has 1 aromatic rings. The average molecular weight is 265 g/mol. The molecule has 0 aromatic carbocycles. The third kappa shape index (κ3) is 2.22. The van der Waals surface area contributed by atoms with Crippen molar-refractivity contribution in [2.45, 2.75) is 57.5 Å². The van der Waals surface area contributed by atoms with Crippen molar-refractivity contribution in [3.05, 3.63) is 15.6 Å². The second kappa shape index (κ2) is 4.91. The van der Waals surface area contributed by atoms with Crippen LogP contribution in [0.3, 0.4) is 0 Å². The number of fused-ring (bicyclic) bond motifs is 1. The van der Waals surface area contributed by atoms with E-state index < -0.39 is 0 Å². The molecule has 3 rings (SSSR count). The number of hydrogen-bond acceptors (Lipinski definition) is 4. The lowest BCUT2D eigenvalue weighted by Crippen LogP contribution is -2.52. The first-order valence-electron chi connectivity index (χ1n) is 7.17. The van der Waals surface area contributed by atoms with Crippen LogP contribution < -0.4 is 10.6 Å². The van der Waals surface area contributed by atoms with Crippen LogP contribution >= 0.6 is 11.3 Å². The highest BCUT2D eigenvalue weighted by molar-refractivity contribution is 7.12. The SMILES string of the molecule is CC(C)NC1(c2nc3c(s2)CCC3)CCNCC1. The molecule has 1 aliphatic carbocycles. The minimum Gasteiger partial charge on any atom is -0.317 e. The van der Waals surface area contributed by atoms with Gasteiger partial charge in [-0.1, -0.05) is 0 Å². The molecular formula is C14H23N3S. The van der Waals surface area contributed by atoms with Crippen LogP contribution in [0.1, 0.15) is 48.7 Å². The Hall–Kier alpha value is -0.450. The Morgan fingerprint density at radius 3 is 2.72 bits per heavy atom. The fourth-order valence-corrected chi connectivity index (χ4v) is 4.58. The van der Waals surface area contributed by atoms with Gasteiger partial charge in [-0.05, 0) is 59.0 Å². The van der Waals surface area contributed by atoms with Crippen molar-refractivity contribution >= 4 is 11.3 Å². The van der Waals surface area contributed by atoms with E-state index in [0.29, 0.717) is 6.04 Å². The van der Waals surface area contributed by atoms with E-state index in [-0.39, 0.29) is 5.54 Å². The number of nitrogens with zero attached hydrogens (tertiary/aromatic N) is 1. The van der Waals surface area contributed by atoms with Crippen LogP contribution in [0, 0.1) is 0 Å². The van der Waals surface area contributed by atoms with Crippen molar-refractivity contribution in [2.24, 2.45) is 0 Å². The lowest BCUT2D eigenvalue weighted by Gasteiger charge is -2.38. The molecule has 3 nitrogen and oxygen atoms in total. The first-order chi connectivity index (χ1) is 8.70. The molecule has 1 aromatic heterocycles. The van der Waals surface area contributed by atoms with Gasteiger partial charge in [0.2, 0.25) is 0 Å². The summed E-state index contributed by atoms with van der Waals surface area (Å²) in [4.78, 5) is 6.52. The zero-order chi connectivity index (χ0) is 12.6. The zero-order valence-corrected chi connectivity index (χ0v) is 12.2. The van der Waals surface area contributed by atoms with E-state index in [9.17, 15) is 0 Å². The van der Waals surface area contributed by atoms with Crippen molar-refractivity contribution in [3.8, 4) is 0 Å². The zero-order valence-electron chi connectivity index (χ0n) is 11.4. The number of hydrogen-bond donors (Lipinski definition) is 2. The summed E-state index contributed by atoms with van der Waals surface area (Å²) in [6, 6.07) is 0.516. The van der Waals surface area contributed by atoms with Crippen LogP contribution in [0.5, 0.6) is 0 Å². The van der Waals surface area contributed by atoms with Gasteiger partial charge in [-0.15, -0.1) is 11.3 Å². The largest absolute Gasteiger partial charge is 0.317 e. The van der Waals surface area contributed by atoms with E-state index in [2.05, 4.69) is 24.5 Å². The summed E-state index contributed by atoms with van der Waals surface area (Å²) in [6.07, 6.45) is 6.08. The highest BCUT2D eigenvalue weighted by atomic mass is 32.1. The predicted molar refractivity (Wildman–Crippen MR) is 76.2 cm³/mol. The van der Waals surface area contributed by atoms with Crippen LogP contribution in [-0.2, 0) is 18.4 Å². The number of piperidine rings is 1. The van der Waals surface area contributed by atoms with Gasteiger partial charge in [0.05, 0.1) is 11.2 Å². The number of aryl methyl sites for hydroxylation is 2. The summed E-state index contributed by atoms with van der Waals surface area (Å²) in [5.74, 6) is 0. The maximum Gasteiger partial charge on any atom is 0.113 e. The van der Waals surface area contributed by atoms with Gasteiger partial charge in [0.15, 0.2) is 0 Å². The highest BCUT2D eigenvalue weighted by Gasteiger charge is 2.38. The molecule has 2 N–H and O–H groups in total. The Morgan fingerprint density at radius 2 is 2.06 bits per heavy atom. The molecule has 0 radical (unpaired) electrons. The normalized spacial score (nSPS) is 22.4. The molecule has 2 heterocycles. The van der Waals surface area contributed by atoms with E-state index in [1.807, 2.05) is 11.3 Å². The maximum atomic E-state index is 4.97. The molecule has 1 aliphatic heterocycles. The fourth-order valence-electron chi connectivity index (χ4n) is 3.22. The monoisotopic (exact) mass is 265 g/mol. The Morgan fingerprint density at radius 1 is 1.28 bits per heavy atom. The minimum absolute atomic E-state index is 0.133. The maximum absolute atomic E-state index is 4.97. The van der Waals surface area contributed by atoms with Crippen LogP contribution in [0.25, 0.3) is 0 Å². The molecule has 18 heavy (non-hydrogen) atoms. The molecule has 1 saturated heterocycles. The molecule has 0 atom stereocenters. The second-order valence-electron chi connectivity index (χ2n) is 5.87. The molecule has 0 amide bonds. The van der Waals surface area contributed by atoms with Crippen LogP contribution in [0.4, 0.5) is 0 Å². The average Bonchev–Trinajstić information content (AvgIpc) is 2.89. The molecule has 1 fully saturated rings. The predicted octanol–water partition coefficient (Wildman–Crippen LogP) is 2.21. The molecule has 100 valence electrons. The van der Waals surface area contributed by atoms with Crippen molar-refractivity contribution in [1.82, 2.24) is 15.6 Å². The summed E-state index contributed by atoms with van der Waals surface area (Å²) in [6.45, 7) is 6.68. The summed E-state index contributed by atoms with van der Waals surface area (Å²) in [5.41, 5.74) is 1.52. The van der Waals surface area contributed by atoms with Crippen LogP contribution in [0.15, 0.2) is 0 Å².